The Balaban J connectivity index is 2.64. The molecular formula is C13H6F7N. The van der Waals surface area contributed by atoms with E-state index in [9.17, 15) is 30.7 Å². The first-order chi connectivity index (χ1) is 9.60. The van der Waals surface area contributed by atoms with E-state index >= 15 is 0 Å². The minimum atomic E-state index is -5.01. The number of halogens is 7. The number of nitrogens with zero attached hydrogens (tertiary/aromatic N) is 1. The minimum Gasteiger partial charge on any atom is -0.256 e. The molecule has 8 heteroatoms. The van der Waals surface area contributed by atoms with E-state index in [1.54, 1.807) is 0 Å². The quantitative estimate of drug-likeness (QED) is 0.681. The van der Waals surface area contributed by atoms with Crippen LogP contribution in [0.25, 0.3) is 11.3 Å². The first-order valence-corrected chi connectivity index (χ1v) is 5.50. The Morgan fingerprint density at radius 2 is 1.43 bits per heavy atom. The summed E-state index contributed by atoms with van der Waals surface area (Å²) in [4.78, 5) is 3.46. The molecule has 2 rings (SSSR count). The summed E-state index contributed by atoms with van der Waals surface area (Å²) < 4.78 is 89.4. The molecule has 0 spiro atoms. The van der Waals surface area contributed by atoms with Gasteiger partial charge in [0.1, 0.15) is 5.82 Å². The molecule has 21 heavy (non-hydrogen) atoms. The van der Waals surface area contributed by atoms with Crippen molar-refractivity contribution in [2.24, 2.45) is 0 Å². The Hall–Kier alpha value is -2.12. The zero-order valence-corrected chi connectivity index (χ0v) is 10.1. The fraction of sp³-hybridized carbons (Fsp3) is 0.154. The number of rotatable bonds is 1. The highest BCUT2D eigenvalue weighted by molar-refractivity contribution is 5.64. The van der Waals surface area contributed by atoms with Crippen molar-refractivity contribution in [3.05, 3.63) is 53.5 Å². The second-order valence-corrected chi connectivity index (χ2v) is 4.09. The first-order valence-electron chi connectivity index (χ1n) is 5.50. The molecule has 0 radical (unpaired) electrons. The van der Waals surface area contributed by atoms with E-state index in [-0.39, 0.29) is 0 Å². The van der Waals surface area contributed by atoms with Crippen LogP contribution >= 0.6 is 0 Å². The number of hydrogen-bond acceptors (Lipinski definition) is 1. The molecule has 0 N–H and O–H groups in total. The molecule has 1 aromatic carbocycles. The van der Waals surface area contributed by atoms with Crippen LogP contribution in [-0.2, 0) is 12.4 Å². The van der Waals surface area contributed by atoms with Gasteiger partial charge in [0.15, 0.2) is 0 Å². The molecule has 0 aliphatic carbocycles. The second kappa shape index (κ2) is 5.01. The highest BCUT2D eigenvalue weighted by atomic mass is 19.4. The lowest BCUT2D eigenvalue weighted by Gasteiger charge is -2.13. The van der Waals surface area contributed by atoms with Gasteiger partial charge in [-0.25, -0.2) is 4.39 Å². The fourth-order valence-corrected chi connectivity index (χ4v) is 1.75. The average Bonchev–Trinajstić information content (AvgIpc) is 2.37. The predicted molar refractivity (Wildman–Crippen MR) is 59.6 cm³/mol. The number of pyridine rings is 1. The minimum absolute atomic E-state index is 0.312. The van der Waals surface area contributed by atoms with Crippen molar-refractivity contribution in [2.45, 2.75) is 12.4 Å². The van der Waals surface area contributed by atoms with E-state index in [0.717, 1.165) is 18.3 Å². The topological polar surface area (TPSA) is 12.9 Å². The van der Waals surface area contributed by atoms with Crippen LogP contribution in [0.5, 0.6) is 0 Å². The zero-order valence-electron chi connectivity index (χ0n) is 10.1. The van der Waals surface area contributed by atoms with Gasteiger partial charge in [-0.1, -0.05) is 0 Å². The van der Waals surface area contributed by atoms with Crippen molar-refractivity contribution in [3.63, 3.8) is 0 Å². The predicted octanol–water partition coefficient (Wildman–Crippen LogP) is 4.93. The highest BCUT2D eigenvalue weighted by Crippen LogP contribution is 2.38. The normalized spacial score (nSPS) is 12.5. The number of aromatic nitrogens is 1. The van der Waals surface area contributed by atoms with Crippen LogP contribution < -0.4 is 0 Å². The molecule has 0 aliphatic heterocycles. The zero-order chi connectivity index (χ0) is 15.8. The van der Waals surface area contributed by atoms with Crippen molar-refractivity contribution in [2.75, 3.05) is 0 Å². The van der Waals surface area contributed by atoms with Crippen LogP contribution in [0.3, 0.4) is 0 Å². The van der Waals surface area contributed by atoms with E-state index < -0.39 is 40.6 Å². The van der Waals surface area contributed by atoms with Crippen LogP contribution in [0, 0.1) is 5.82 Å². The number of alkyl halides is 6. The SMILES string of the molecule is Fc1ccc(-c2ncccc2C(F)(F)F)cc1C(F)(F)F. The smallest absolute Gasteiger partial charge is 0.256 e. The lowest BCUT2D eigenvalue weighted by atomic mass is 10.0. The summed E-state index contributed by atoms with van der Waals surface area (Å²) in [7, 11) is 0. The van der Waals surface area contributed by atoms with Gasteiger partial charge in [0.25, 0.3) is 0 Å². The van der Waals surface area contributed by atoms with Gasteiger partial charge in [-0.2, -0.15) is 26.3 Å². The Bertz CT molecular complexity index is 658. The van der Waals surface area contributed by atoms with Gasteiger partial charge in [0.05, 0.1) is 16.8 Å². The van der Waals surface area contributed by atoms with Gasteiger partial charge in [-0.15, -0.1) is 0 Å². The molecule has 0 unspecified atom stereocenters. The molecular weight excluding hydrogens is 303 g/mol. The molecule has 0 fully saturated rings. The van der Waals surface area contributed by atoms with Gasteiger partial charge >= 0.3 is 12.4 Å². The lowest BCUT2D eigenvalue weighted by molar-refractivity contribution is -0.140. The van der Waals surface area contributed by atoms with E-state index in [0.29, 0.717) is 18.2 Å². The summed E-state index contributed by atoms with van der Waals surface area (Å²) in [5.74, 6) is -1.56. The summed E-state index contributed by atoms with van der Waals surface area (Å²) >= 11 is 0. The van der Waals surface area contributed by atoms with Crippen LogP contribution in [0.1, 0.15) is 11.1 Å². The number of hydrogen-bond donors (Lipinski definition) is 0. The summed E-state index contributed by atoms with van der Waals surface area (Å²) in [5.41, 5.74) is -3.98. The van der Waals surface area contributed by atoms with E-state index in [1.807, 2.05) is 0 Å². The molecule has 1 heterocycles. The Kier molecular flexibility index (Phi) is 3.65. The highest BCUT2D eigenvalue weighted by Gasteiger charge is 2.37. The van der Waals surface area contributed by atoms with Crippen LogP contribution in [0.4, 0.5) is 30.7 Å². The van der Waals surface area contributed by atoms with Crippen LogP contribution in [-0.4, -0.2) is 4.98 Å². The molecule has 1 aromatic heterocycles. The molecule has 0 saturated carbocycles. The average molecular weight is 309 g/mol. The Morgan fingerprint density at radius 1 is 0.810 bits per heavy atom. The van der Waals surface area contributed by atoms with E-state index in [4.69, 9.17) is 0 Å². The summed E-state index contributed by atoms with van der Waals surface area (Å²) in [6.07, 6.45) is -8.77. The second-order valence-electron chi connectivity index (χ2n) is 4.09. The summed E-state index contributed by atoms with van der Waals surface area (Å²) in [6.45, 7) is 0. The molecule has 1 nitrogen and oxygen atoms in total. The maximum atomic E-state index is 13.2. The third-order valence-electron chi connectivity index (χ3n) is 2.66. The third kappa shape index (κ3) is 3.14. The molecule has 0 bridgehead atoms. The monoisotopic (exact) mass is 309 g/mol. The molecule has 0 aliphatic rings. The van der Waals surface area contributed by atoms with Gasteiger partial charge in [-0.05, 0) is 30.3 Å². The molecule has 2 aromatic rings. The Morgan fingerprint density at radius 3 is 2.00 bits per heavy atom. The number of benzene rings is 1. The summed E-state index contributed by atoms with van der Waals surface area (Å²) in [5, 5.41) is 0. The maximum Gasteiger partial charge on any atom is 0.419 e. The molecule has 0 saturated heterocycles. The van der Waals surface area contributed by atoms with Crippen molar-refractivity contribution < 1.29 is 30.7 Å². The van der Waals surface area contributed by atoms with Crippen LogP contribution in [0.2, 0.25) is 0 Å². The van der Waals surface area contributed by atoms with Crippen molar-refractivity contribution in [3.8, 4) is 11.3 Å². The largest absolute Gasteiger partial charge is 0.419 e. The van der Waals surface area contributed by atoms with Crippen molar-refractivity contribution in [1.82, 2.24) is 4.98 Å². The first kappa shape index (κ1) is 15.3. The fourth-order valence-electron chi connectivity index (χ4n) is 1.75. The molecule has 112 valence electrons. The lowest BCUT2D eigenvalue weighted by Crippen LogP contribution is -2.10. The van der Waals surface area contributed by atoms with Crippen molar-refractivity contribution >= 4 is 0 Å². The molecule has 0 atom stereocenters. The maximum absolute atomic E-state index is 13.2. The third-order valence-corrected chi connectivity index (χ3v) is 2.66. The van der Waals surface area contributed by atoms with Gasteiger partial charge in [0.2, 0.25) is 0 Å². The van der Waals surface area contributed by atoms with Crippen molar-refractivity contribution in [1.29, 1.82) is 0 Å². The standard InChI is InChI=1S/C13H6F7N/c14-10-4-3-7(6-9(10)13(18,19)20)11-8(12(15,16)17)2-1-5-21-11/h1-6H. The summed E-state index contributed by atoms with van der Waals surface area (Å²) in [6, 6.07) is 3.31. The van der Waals surface area contributed by atoms with E-state index in [1.165, 1.54) is 0 Å². The van der Waals surface area contributed by atoms with E-state index in [2.05, 4.69) is 4.98 Å². The van der Waals surface area contributed by atoms with Gasteiger partial charge in [-0.3, -0.25) is 4.98 Å². The van der Waals surface area contributed by atoms with Crippen LogP contribution in [0.15, 0.2) is 36.5 Å². The van der Waals surface area contributed by atoms with Gasteiger partial charge < -0.3 is 0 Å². The van der Waals surface area contributed by atoms with Gasteiger partial charge in [0, 0.05) is 11.8 Å². The molecule has 0 amide bonds. The Labute approximate surface area is 114 Å².